The van der Waals surface area contributed by atoms with E-state index in [2.05, 4.69) is 20.1 Å². The fourth-order valence-electron chi connectivity index (χ4n) is 11.6. The van der Waals surface area contributed by atoms with Crippen LogP contribution in [0.5, 0.6) is 0 Å². The average molecular weight is 759 g/mol. The molecule has 10 aliphatic heterocycles. The highest BCUT2D eigenvalue weighted by molar-refractivity contribution is 5.79. The Balaban J connectivity index is 0.991. The molecule has 10 rings (SSSR count). The highest BCUT2D eigenvalue weighted by Gasteiger charge is 2.68. The summed E-state index contributed by atoms with van der Waals surface area (Å²) in [4.78, 5) is 14.2. The summed E-state index contributed by atoms with van der Waals surface area (Å²) >= 11 is 0. The molecule has 54 heavy (non-hydrogen) atoms. The predicted molar refractivity (Wildman–Crippen MR) is 194 cm³/mol. The molecule has 10 aliphatic rings. The van der Waals surface area contributed by atoms with Crippen molar-refractivity contribution < 1.29 is 56.9 Å². The van der Waals surface area contributed by atoms with Gasteiger partial charge >= 0.3 is 0 Å². The molecule has 0 radical (unpaired) electrons. The van der Waals surface area contributed by atoms with Crippen molar-refractivity contribution in [3.8, 4) is 0 Å². The summed E-state index contributed by atoms with van der Waals surface area (Å²) in [5.41, 5.74) is 2.24. The lowest BCUT2D eigenvalue weighted by molar-refractivity contribution is -0.292. The zero-order chi connectivity index (χ0) is 37.3. The molecule has 0 amide bonds. The van der Waals surface area contributed by atoms with Crippen molar-refractivity contribution in [1.29, 1.82) is 0 Å². The van der Waals surface area contributed by atoms with Crippen molar-refractivity contribution in [3.63, 3.8) is 0 Å². The van der Waals surface area contributed by atoms with Crippen molar-refractivity contribution in [3.05, 3.63) is 24.3 Å². The van der Waals surface area contributed by atoms with E-state index in [9.17, 15) is 4.79 Å². The van der Waals surface area contributed by atoms with Crippen LogP contribution in [-0.4, -0.2) is 137 Å². The van der Waals surface area contributed by atoms with Crippen LogP contribution in [0.2, 0.25) is 0 Å². The van der Waals surface area contributed by atoms with Crippen LogP contribution in [-0.2, 0) is 56.9 Å². The average Bonchev–Trinajstić information content (AvgIpc) is 3.83. The second-order valence-electron chi connectivity index (χ2n) is 17.9. The summed E-state index contributed by atoms with van der Waals surface area (Å²) in [7, 11) is 5.08. The second kappa shape index (κ2) is 15.5. The van der Waals surface area contributed by atoms with E-state index < -0.39 is 5.79 Å². The highest BCUT2D eigenvalue weighted by Crippen LogP contribution is 2.54. The number of Topliss-reactive ketones (excluding diaryl/α,β-unsaturated/α-hetero) is 1. The minimum atomic E-state index is -0.772. The summed E-state index contributed by atoms with van der Waals surface area (Å²) in [5.74, 6) is -0.499. The molecule has 0 N–H and O–H groups in total. The van der Waals surface area contributed by atoms with E-state index in [4.69, 9.17) is 52.1 Å². The summed E-state index contributed by atoms with van der Waals surface area (Å²) in [5, 5.41) is 0. The third kappa shape index (κ3) is 7.11. The summed E-state index contributed by atoms with van der Waals surface area (Å²) in [6, 6.07) is 0. The van der Waals surface area contributed by atoms with Crippen LogP contribution in [0.4, 0.5) is 0 Å². The maximum absolute atomic E-state index is 14.2. The monoisotopic (exact) mass is 758 g/mol. The molecule has 0 aliphatic carbocycles. The van der Waals surface area contributed by atoms with Crippen molar-refractivity contribution in [2.45, 2.75) is 194 Å². The van der Waals surface area contributed by atoms with E-state index in [0.717, 1.165) is 56.1 Å². The third-order valence-corrected chi connectivity index (χ3v) is 14.4. The van der Waals surface area contributed by atoms with Gasteiger partial charge in [0.15, 0.2) is 5.79 Å². The molecule has 12 nitrogen and oxygen atoms in total. The molecule has 12 heteroatoms. The standard InChI is InChI=1S/C42H62O12/c1-21-13-25-7-9-30-22(2)14-27(47-30)11-12-42-19-35-38(53-42)39-40(52-35)41(54-42)37-31(51-39)10-8-26(49-37)15-24(43)16-29-33(18-32(48-25)23(21)3)50-34(36(29)46-6)17-28(45-5)20-44-4/h21,25-41H,2-3,7-20H2,1,4-6H3/t21-,25+,26-,27+,28+,29+,30+,31+,32-,33+,34-,35-,36-,37+,38+,39+,40-,41+,42+/m1/s1. The molecule has 0 aromatic carbocycles. The highest BCUT2D eigenvalue weighted by atomic mass is 16.8. The molecule has 10 heterocycles. The van der Waals surface area contributed by atoms with Gasteiger partial charge in [-0.1, -0.05) is 20.1 Å². The fourth-order valence-corrected chi connectivity index (χ4v) is 11.6. The fraction of sp³-hybridized carbons (Fsp3) is 0.881. The molecule has 10 fully saturated rings. The van der Waals surface area contributed by atoms with Gasteiger partial charge in [0.2, 0.25) is 0 Å². The number of fused-ring (bicyclic) bond motifs is 6. The quantitative estimate of drug-likeness (QED) is 0.347. The van der Waals surface area contributed by atoms with Gasteiger partial charge in [-0.15, -0.1) is 0 Å². The predicted octanol–water partition coefficient (Wildman–Crippen LogP) is 4.78. The first kappa shape index (κ1) is 38.2. The number of carbonyl (C=O) groups excluding carboxylic acids is 1. The maximum Gasteiger partial charge on any atom is 0.172 e. The summed E-state index contributed by atoms with van der Waals surface area (Å²) in [6.45, 7) is 11.7. The van der Waals surface area contributed by atoms with Gasteiger partial charge in [0.25, 0.3) is 0 Å². The van der Waals surface area contributed by atoms with Gasteiger partial charge in [0.05, 0.1) is 73.8 Å². The first-order valence-corrected chi connectivity index (χ1v) is 20.8. The largest absolute Gasteiger partial charge is 0.382 e. The van der Waals surface area contributed by atoms with E-state index in [0.29, 0.717) is 51.0 Å². The molecule has 1 spiro atoms. The van der Waals surface area contributed by atoms with Crippen molar-refractivity contribution in [1.82, 2.24) is 0 Å². The Hall–Kier alpha value is -1.29. The number of ketones is 1. The molecule has 0 aromatic rings. The Morgan fingerprint density at radius 1 is 0.741 bits per heavy atom. The van der Waals surface area contributed by atoms with E-state index in [1.54, 1.807) is 21.3 Å². The zero-order valence-corrected chi connectivity index (χ0v) is 32.6. The van der Waals surface area contributed by atoms with Crippen LogP contribution in [0.1, 0.15) is 90.4 Å². The number of carbonyl (C=O) groups is 1. The van der Waals surface area contributed by atoms with Crippen molar-refractivity contribution >= 4 is 5.78 Å². The number of methoxy groups -OCH3 is 3. The first-order chi connectivity index (χ1) is 26.1. The molecule has 19 atom stereocenters. The van der Waals surface area contributed by atoms with E-state index in [-0.39, 0.29) is 109 Å². The minimum absolute atomic E-state index is 0.00478. The normalized spacial score (nSPS) is 50.9. The van der Waals surface area contributed by atoms with Crippen molar-refractivity contribution in [2.75, 3.05) is 27.9 Å². The topological polar surface area (TPSA) is 119 Å². The van der Waals surface area contributed by atoms with E-state index in [1.165, 1.54) is 0 Å². The van der Waals surface area contributed by atoms with E-state index >= 15 is 0 Å². The van der Waals surface area contributed by atoms with Gasteiger partial charge < -0.3 is 52.1 Å². The smallest absolute Gasteiger partial charge is 0.172 e. The second-order valence-corrected chi connectivity index (χ2v) is 17.9. The molecule has 10 saturated heterocycles. The van der Waals surface area contributed by atoms with Gasteiger partial charge in [-0.3, -0.25) is 4.79 Å². The molecule has 0 unspecified atom stereocenters. The molecule has 302 valence electrons. The minimum Gasteiger partial charge on any atom is -0.382 e. The lowest BCUT2D eigenvalue weighted by atomic mass is 9.81. The van der Waals surface area contributed by atoms with Crippen LogP contribution in [0, 0.1) is 11.8 Å². The van der Waals surface area contributed by atoms with Gasteiger partial charge in [0, 0.05) is 65.8 Å². The SMILES string of the molecule is C=C1C[C@@H]2CC[C@@]34C[C@H]5O[C@H]6[C@@H](O3)[C@H]3O[C@H](CC[C@@H]3O[C@H]6[C@H]5O4)CC(=O)C[C@@H]3[C@@H](OC)[C@@H](C[C@@H](COC)OC)O[C@H]3C[C@H]3O[C@@H](CC[C@@H]1O2)C[C@@H](C)C3=C. The Morgan fingerprint density at radius 3 is 2.31 bits per heavy atom. The Morgan fingerprint density at radius 2 is 1.50 bits per heavy atom. The Kier molecular flexibility index (Phi) is 11.0. The number of ether oxygens (including phenoxy) is 11. The van der Waals surface area contributed by atoms with Gasteiger partial charge in [0.1, 0.15) is 36.3 Å². The number of hydrogen-bond acceptors (Lipinski definition) is 12. The molecular formula is C42H62O12. The van der Waals surface area contributed by atoms with Gasteiger partial charge in [-0.25, -0.2) is 0 Å². The Labute approximate surface area is 320 Å². The summed E-state index contributed by atoms with van der Waals surface area (Å²) in [6.07, 6.45) is 6.33. The molecule has 0 saturated carbocycles. The third-order valence-electron chi connectivity index (χ3n) is 14.4. The molecular weight excluding hydrogens is 696 g/mol. The van der Waals surface area contributed by atoms with Crippen LogP contribution < -0.4 is 0 Å². The first-order valence-electron chi connectivity index (χ1n) is 20.8. The van der Waals surface area contributed by atoms with Crippen molar-refractivity contribution in [2.24, 2.45) is 11.8 Å². The van der Waals surface area contributed by atoms with Gasteiger partial charge in [-0.05, 0) is 62.0 Å². The Bertz CT molecular complexity index is 1410. The van der Waals surface area contributed by atoms with Gasteiger partial charge in [-0.2, -0.15) is 0 Å². The van der Waals surface area contributed by atoms with Crippen LogP contribution in [0.3, 0.4) is 0 Å². The summed E-state index contributed by atoms with van der Waals surface area (Å²) < 4.78 is 71.8. The lowest BCUT2D eigenvalue weighted by Gasteiger charge is -2.47. The van der Waals surface area contributed by atoms with Crippen LogP contribution in [0.15, 0.2) is 24.3 Å². The maximum atomic E-state index is 14.2. The number of rotatable bonds is 6. The molecule has 0 aromatic heterocycles. The van der Waals surface area contributed by atoms with E-state index in [1.807, 2.05) is 0 Å². The lowest BCUT2D eigenvalue weighted by Crippen LogP contribution is -2.61. The van der Waals surface area contributed by atoms with Crippen LogP contribution in [0.25, 0.3) is 0 Å². The molecule has 12 bridgehead atoms. The van der Waals surface area contributed by atoms with Crippen LogP contribution >= 0.6 is 0 Å². The zero-order valence-electron chi connectivity index (χ0n) is 32.6. The number of hydrogen-bond donors (Lipinski definition) is 0.